The average molecular weight is 191 g/mol. The number of aliphatic hydroxyl groups excluding tert-OH is 2. The van der Waals surface area contributed by atoms with Gasteiger partial charge in [0.2, 0.25) is 0 Å². The molecule has 0 fully saturated rings. The number of rotatable bonds is 4. The van der Waals surface area contributed by atoms with Gasteiger partial charge >= 0.3 is 0 Å². The molecular weight excluding hydrogens is 179 g/mol. The Hall–Kier alpha value is 0.460. The van der Waals surface area contributed by atoms with Gasteiger partial charge in [-0.1, -0.05) is 0 Å². The highest BCUT2D eigenvalue weighted by Gasteiger charge is 1.79. The predicted molar refractivity (Wildman–Crippen MR) is 41.6 cm³/mol. The van der Waals surface area contributed by atoms with Gasteiger partial charge in [-0.25, -0.2) is 0 Å². The van der Waals surface area contributed by atoms with Gasteiger partial charge in [0, 0.05) is 0 Å². The highest BCUT2D eigenvalue weighted by Crippen LogP contribution is 1.73. The zero-order chi connectivity index (χ0) is 8.24. The summed E-state index contributed by atoms with van der Waals surface area (Å²) in [6.45, 7) is 0.696. The van der Waals surface area contributed by atoms with Crippen molar-refractivity contribution in [1.29, 1.82) is 0 Å². The first-order valence-corrected chi connectivity index (χ1v) is 3.81. The summed E-state index contributed by atoms with van der Waals surface area (Å²) in [5.74, 6) is 0. The molecule has 0 radical (unpaired) electrons. The zero-order valence-electron chi connectivity index (χ0n) is 5.59. The molecule has 10 heavy (non-hydrogen) atoms. The van der Waals surface area contributed by atoms with Crippen molar-refractivity contribution in [2.45, 2.75) is 0 Å². The van der Waals surface area contributed by atoms with E-state index in [1.54, 1.807) is 0 Å². The van der Waals surface area contributed by atoms with E-state index < -0.39 is 0 Å². The summed E-state index contributed by atoms with van der Waals surface area (Å²) in [5.41, 5.74) is 0. The molecule has 0 aromatic heterocycles. The van der Waals surface area contributed by atoms with Crippen molar-refractivity contribution in [2.24, 2.45) is 0 Å². The molecule has 2 N–H and O–H groups in total. The first-order valence-electron chi connectivity index (χ1n) is 2.74. The summed E-state index contributed by atoms with van der Waals surface area (Å²) in [6.07, 6.45) is 0. The molecule has 0 aliphatic rings. The standard InChI is InChI=1S/C4H10O3.CH2Cl2/c5-1-3-7-4-2-6;2-1-3/h5-6H,1-4H2;1H2. The predicted octanol–water partition coefficient (Wildman–Crippen LogP) is 0.409. The Morgan fingerprint density at radius 2 is 1.30 bits per heavy atom. The lowest BCUT2D eigenvalue weighted by molar-refractivity contribution is 0.0650. The highest BCUT2D eigenvalue weighted by atomic mass is 35.5. The molecule has 3 nitrogen and oxygen atoms in total. The van der Waals surface area contributed by atoms with Crippen LogP contribution < -0.4 is 0 Å². The highest BCUT2D eigenvalue weighted by molar-refractivity contribution is 6.40. The Labute approximate surface area is 70.5 Å². The SMILES string of the molecule is ClCCl.OCCOCCO. The van der Waals surface area contributed by atoms with Crippen LogP contribution in [0, 0.1) is 0 Å². The monoisotopic (exact) mass is 190 g/mol. The maximum Gasteiger partial charge on any atom is 0.0967 e. The third kappa shape index (κ3) is 23.7. The Kier molecular flexibility index (Phi) is 21.2. The minimum atomic E-state index is 0.0278. The van der Waals surface area contributed by atoms with E-state index in [9.17, 15) is 0 Å². The van der Waals surface area contributed by atoms with Crippen LogP contribution in [0.25, 0.3) is 0 Å². The summed E-state index contributed by atoms with van der Waals surface area (Å²) < 4.78 is 4.63. The van der Waals surface area contributed by atoms with E-state index in [2.05, 4.69) is 4.74 Å². The second-order valence-corrected chi connectivity index (χ2v) is 1.97. The van der Waals surface area contributed by atoms with Crippen molar-refractivity contribution < 1.29 is 14.9 Å². The average Bonchev–Trinajstić information content (AvgIpc) is 1.91. The van der Waals surface area contributed by atoms with Crippen LogP contribution in [0.1, 0.15) is 0 Å². The Balaban J connectivity index is 0. The molecular formula is C5H12Cl2O3. The summed E-state index contributed by atoms with van der Waals surface area (Å²) in [5, 5.41) is 16.4. The van der Waals surface area contributed by atoms with Crippen molar-refractivity contribution >= 4 is 23.2 Å². The molecule has 0 bridgehead atoms. The normalized spacial score (nSPS) is 8.40. The van der Waals surface area contributed by atoms with E-state index in [4.69, 9.17) is 33.4 Å². The van der Waals surface area contributed by atoms with Gasteiger partial charge in [0.15, 0.2) is 0 Å². The van der Waals surface area contributed by atoms with Crippen LogP contribution in [0.15, 0.2) is 0 Å². The van der Waals surface area contributed by atoms with Crippen LogP contribution in [0.5, 0.6) is 0 Å². The Morgan fingerprint density at radius 1 is 1.00 bits per heavy atom. The fourth-order valence-corrected chi connectivity index (χ4v) is 0.231. The number of aliphatic hydroxyl groups is 2. The van der Waals surface area contributed by atoms with Crippen LogP contribution in [-0.4, -0.2) is 42.0 Å². The smallest absolute Gasteiger partial charge is 0.0967 e. The summed E-state index contributed by atoms with van der Waals surface area (Å²) in [7, 11) is 0. The number of hydrogen-bond acceptors (Lipinski definition) is 3. The van der Waals surface area contributed by atoms with E-state index in [0.717, 1.165) is 0 Å². The quantitative estimate of drug-likeness (QED) is 0.499. The van der Waals surface area contributed by atoms with Gasteiger partial charge in [0.05, 0.1) is 31.8 Å². The van der Waals surface area contributed by atoms with Gasteiger partial charge in [-0.15, -0.1) is 23.2 Å². The Bertz CT molecular complexity index is 41.9. The molecule has 0 aliphatic carbocycles. The van der Waals surface area contributed by atoms with Gasteiger partial charge in [0.1, 0.15) is 0 Å². The largest absolute Gasteiger partial charge is 0.394 e. The second kappa shape index (κ2) is 16.2. The molecule has 0 aliphatic heterocycles. The van der Waals surface area contributed by atoms with E-state index in [1.807, 2.05) is 0 Å². The number of alkyl halides is 2. The molecule has 0 saturated heterocycles. The lowest BCUT2D eigenvalue weighted by Crippen LogP contribution is -2.03. The minimum absolute atomic E-state index is 0.0278. The minimum Gasteiger partial charge on any atom is -0.394 e. The molecule has 0 amide bonds. The van der Waals surface area contributed by atoms with Gasteiger partial charge in [0.25, 0.3) is 0 Å². The lowest BCUT2D eigenvalue weighted by Gasteiger charge is -1.94. The molecule has 0 aromatic carbocycles. The molecule has 0 aromatic rings. The van der Waals surface area contributed by atoms with Crippen molar-refractivity contribution in [3.8, 4) is 0 Å². The van der Waals surface area contributed by atoms with Gasteiger partial charge in [-0.2, -0.15) is 0 Å². The number of halogens is 2. The maximum atomic E-state index is 8.09. The van der Waals surface area contributed by atoms with Crippen LogP contribution in [-0.2, 0) is 4.74 Å². The molecule has 64 valence electrons. The number of hydrogen-bond donors (Lipinski definition) is 2. The second-order valence-electron chi connectivity index (χ2n) is 1.16. The zero-order valence-corrected chi connectivity index (χ0v) is 7.11. The summed E-state index contributed by atoms with van der Waals surface area (Å²) >= 11 is 9.53. The molecule has 0 saturated carbocycles. The van der Waals surface area contributed by atoms with Crippen molar-refractivity contribution in [3.05, 3.63) is 0 Å². The third-order valence-corrected chi connectivity index (χ3v) is 0.471. The van der Waals surface area contributed by atoms with E-state index in [-0.39, 0.29) is 18.6 Å². The van der Waals surface area contributed by atoms with Crippen molar-refractivity contribution in [2.75, 3.05) is 31.8 Å². The number of ether oxygens (including phenoxy) is 1. The van der Waals surface area contributed by atoms with Crippen LogP contribution >= 0.6 is 23.2 Å². The molecule has 0 unspecified atom stereocenters. The first-order chi connectivity index (χ1) is 4.83. The van der Waals surface area contributed by atoms with Gasteiger partial charge in [-0.3, -0.25) is 0 Å². The molecule has 0 rings (SSSR count). The van der Waals surface area contributed by atoms with Gasteiger partial charge < -0.3 is 14.9 Å². The van der Waals surface area contributed by atoms with Crippen molar-refractivity contribution in [3.63, 3.8) is 0 Å². The summed E-state index contributed by atoms with van der Waals surface area (Å²) in [6, 6.07) is 0. The topological polar surface area (TPSA) is 49.7 Å². The molecule has 0 heterocycles. The first kappa shape index (κ1) is 13.1. The molecule has 0 spiro atoms. The molecule has 5 heteroatoms. The fourth-order valence-electron chi connectivity index (χ4n) is 0.231. The van der Waals surface area contributed by atoms with Crippen LogP contribution in [0.4, 0.5) is 0 Å². The van der Waals surface area contributed by atoms with Crippen LogP contribution in [0.2, 0.25) is 0 Å². The maximum absolute atomic E-state index is 8.09. The Morgan fingerprint density at radius 3 is 1.50 bits per heavy atom. The van der Waals surface area contributed by atoms with Gasteiger partial charge in [-0.05, 0) is 0 Å². The lowest BCUT2D eigenvalue weighted by atomic mass is 10.7. The van der Waals surface area contributed by atoms with Crippen molar-refractivity contribution in [1.82, 2.24) is 0 Å². The van der Waals surface area contributed by atoms with E-state index in [0.29, 0.717) is 13.2 Å². The van der Waals surface area contributed by atoms with E-state index in [1.165, 1.54) is 0 Å². The van der Waals surface area contributed by atoms with Crippen LogP contribution in [0.3, 0.4) is 0 Å². The molecule has 0 atom stereocenters. The fraction of sp³-hybridized carbons (Fsp3) is 1.00. The van der Waals surface area contributed by atoms with E-state index >= 15 is 0 Å². The summed E-state index contributed by atoms with van der Waals surface area (Å²) in [4.78, 5) is 0. The third-order valence-electron chi connectivity index (χ3n) is 0.471.